The molecule has 0 saturated carbocycles. The third kappa shape index (κ3) is 3.42. The Bertz CT molecular complexity index is 875. The summed E-state index contributed by atoms with van der Waals surface area (Å²) in [6.45, 7) is 3.80. The number of nitrogens with one attached hydrogen (secondary N) is 1. The van der Waals surface area contributed by atoms with Gasteiger partial charge in [0.15, 0.2) is 5.69 Å². The molecule has 1 N–H and O–H groups in total. The second-order valence-corrected chi connectivity index (χ2v) is 9.57. The van der Waals surface area contributed by atoms with Crippen molar-refractivity contribution in [1.29, 1.82) is 0 Å². The Hall–Kier alpha value is -1.41. The lowest BCUT2D eigenvalue weighted by molar-refractivity contribution is 0.0894. The summed E-state index contributed by atoms with van der Waals surface area (Å²) < 4.78 is 25.7. The third-order valence-corrected chi connectivity index (χ3v) is 6.39. The van der Waals surface area contributed by atoms with Crippen LogP contribution in [0.1, 0.15) is 35.9 Å². The van der Waals surface area contributed by atoms with Crippen LogP contribution in [0.4, 0.5) is 0 Å². The van der Waals surface area contributed by atoms with E-state index in [1.807, 2.05) is 26.0 Å². The predicted octanol–water partition coefficient (Wildman–Crippen LogP) is 2.10. The molecule has 1 amide bonds. The van der Waals surface area contributed by atoms with Crippen LogP contribution < -0.4 is 5.32 Å². The molecule has 124 valence electrons. The number of rotatable bonds is 2. The average molecular weight is 400 g/mol. The number of sulfone groups is 1. The van der Waals surface area contributed by atoms with Crippen LogP contribution in [-0.4, -0.2) is 41.0 Å². The predicted molar refractivity (Wildman–Crippen MR) is 91.4 cm³/mol. The van der Waals surface area contributed by atoms with Gasteiger partial charge in [-0.05, 0) is 44.9 Å². The van der Waals surface area contributed by atoms with E-state index in [9.17, 15) is 13.2 Å². The highest BCUT2D eigenvalue weighted by Gasteiger charge is 2.35. The molecule has 3 heterocycles. The Morgan fingerprint density at radius 1 is 1.30 bits per heavy atom. The summed E-state index contributed by atoms with van der Waals surface area (Å²) in [5.41, 5.74) is 1.58. The van der Waals surface area contributed by atoms with Crippen molar-refractivity contribution >= 4 is 37.2 Å². The van der Waals surface area contributed by atoms with Gasteiger partial charge in [0, 0.05) is 15.7 Å². The smallest absolute Gasteiger partial charge is 0.272 e. The lowest BCUT2D eigenvalue weighted by Crippen LogP contribution is -2.51. The van der Waals surface area contributed by atoms with E-state index in [0.717, 1.165) is 15.7 Å². The van der Waals surface area contributed by atoms with Crippen molar-refractivity contribution in [2.75, 3.05) is 11.5 Å². The topological polar surface area (TPSA) is 80.5 Å². The van der Waals surface area contributed by atoms with Crippen molar-refractivity contribution < 1.29 is 13.2 Å². The Kier molecular flexibility index (Phi) is 4.00. The van der Waals surface area contributed by atoms with E-state index in [1.165, 1.54) is 0 Å². The zero-order valence-electron chi connectivity index (χ0n) is 13.0. The van der Waals surface area contributed by atoms with Crippen LogP contribution in [0, 0.1) is 6.92 Å². The van der Waals surface area contributed by atoms with Crippen molar-refractivity contribution in [2.24, 2.45) is 0 Å². The molecule has 1 fully saturated rings. The summed E-state index contributed by atoms with van der Waals surface area (Å²) in [6.07, 6.45) is 0.859. The molecular formula is C15H18BrN3O3S. The van der Waals surface area contributed by atoms with Crippen molar-refractivity contribution in [3.05, 3.63) is 34.1 Å². The Labute approximate surface area is 143 Å². The van der Waals surface area contributed by atoms with Gasteiger partial charge in [-0.1, -0.05) is 15.9 Å². The van der Waals surface area contributed by atoms with Gasteiger partial charge in [-0.3, -0.25) is 4.79 Å². The largest absolute Gasteiger partial charge is 0.345 e. The zero-order chi connectivity index (χ0) is 16.8. The van der Waals surface area contributed by atoms with Crippen LogP contribution in [0.15, 0.2) is 22.7 Å². The number of pyridine rings is 1. The van der Waals surface area contributed by atoms with Crippen molar-refractivity contribution in [3.63, 3.8) is 0 Å². The number of amides is 1. The van der Waals surface area contributed by atoms with E-state index in [2.05, 4.69) is 26.3 Å². The highest BCUT2D eigenvalue weighted by molar-refractivity contribution is 9.10. The maximum Gasteiger partial charge on any atom is 0.272 e. The minimum atomic E-state index is -2.96. The highest BCUT2D eigenvalue weighted by Crippen LogP contribution is 2.24. The molecule has 2 aromatic rings. The summed E-state index contributed by atoms with van der Waals surface area (Å²) in [6, 6.07) is 5.55. The monoisotopic (exact) mass is 399 g/mol. The number of carbonyl (C=O) groups excluding carboxylic acids is 1. The van der Waals surface area contributed by atoms with E-state index in [-0.39, 0.29) is 17.4 Å². The first-order chi connectivity index (χ1) is 10.7. The van der Waals surface area contributed by atoms with Gasteiger partial charge >= 0.3 is 0 Å². The normalized spacial score (nSPS) is 19.6. The summed E-state index contributed by atoms with van der Waals surface area (Å²) in [7, 11) is -2.96. The standard InChI is InChI=1S/C15H18BrN3O3S/c1-10-7-11(16)8-12-9-13(18-19(10)12)14(20)17-15(2)3-5-23(21,22)6-4-15/h7-9H,3-6H2,1-2H3,(H,17,20). The second kappa shape index (κ2) is 5.59. The van der Waals surface area contributed by atoms with Crippen LogP contribution in [0.3, 0.4) is 0 Å². The first-order valence-electron chi connectivity index (χ1n) is 7.36. The van der Waals surface area contributed by atoms with Gasteiger partial charge in [0.1, 0.15) is 9.84 Å². The molecule has 0 unspecified atom stereocenters. The molecule has 0 radical (unpaired) electrons. The molecule has 1 saturated heterocycles. The van der Waals surface area contributed by atoms with Gasteiger partial charge in [-0.15, -0.1) is 0 Å². The minimum absolute atomic E-state index is 0.112. The van der Waals surface area contributed by atoms with Gasteiger partial charge in [-0.25, -0.2) is 12.9 Å². The van der Waals surface area contributed by atoms with E-state index in [0.29, 0.717) is 18.5 Å². The molecule has 2 aromatic heterocycles. The number of aromatic nitrogens is 2. The lowest BCUT2D eigenvalue weighted by atomic mass is 9.94. The number of halogens is 1. The quantitative estimate of drug-likeness (QED) is 0.838. The average Bonchev–Trinajstić information content (AvgIpc) is 2.87. The van der Waals surface area contributed by atoms with E-state index in [4.69, 9.17) is 0 Å². The Morgan fingerprint density at radius 2 is 1.96 bits per heavy atom. The molecular weight excluding hydrogens is 382 g/mol. The fraction of sp³-hybridized carbons (Fsp3) is 0.467. The maximum atomic E-state index is 12.5. The molecule has 3 rings (SSSR count). The van der Waals surface area contributed by atoms with Crippen LogP contribution in [0.25, 0.3) is 5.52 Å². The molecule has 0 atom stereocenters. The van der Waals surface area contributed by atoms with Gasteiger partial charge in [0.05, 0.1) is 17.0 Å². The molecule has 23 heavy (non-hydrogen) atoms. The van der Waals surface area contributed by atoms with Crippen LogP contribution in [0.2, 0.25) is 0 Å². The number of hydrogen-bond acceptors (Lipinski definition) is 4. The van der Waals surface area contributed by atoms with Crippen LogP contribution in [0.5, 0.6) is 0 Å². The molecule has 0 aromatic carbocycles. The highest BCUT2D eigenvalue weighted by atomic mass is 79.9. The summed E-state index contributed by atoms with van der Waals surface area (Å²) in [4.78, 5) is 12.5. The molecule has 6 nitrogen and oxygen atoms in total. The Balaban J connectivity index is 1.82. The van der Waals surface area contributed by atoms with Crippen LogP contribution >= 0.6 is 15.9 Å². The molecule has 1 aliphatic rings. The SMILES string of the molecule is Cc1cc(Br)cc2cc(C(=O)NC3(C)CCS(=O)(=O)CC3)nn12. The molecule has 8 heteroatoms. The lowest BCUT2D eigenvalue weighted by Gasteiger charge is -2.34. The Morgan fingerprint density at radius 3 is 2.61 bits per heavy atom. The number of hydrogen-bond donors (Lipinski definition) is 1. The molecule has 1 aliphatic heterocycles. The van der Waals surface area contributed by atoms with Crippen LogP contribution in [-0.2, 0) is 9.84 Å². The number of carbonyl (C=O) groups is 1. The molecule has 0 aliphatic carbocycles. The fourth-order valence-electron chi connectivity index (χ4n) is 2.79. The number of aryl methyl sites for hydroxylation is 1. The maximum absolute atomic E-state index is 12.5. The first-order valence-corrected chi connectivity index (χ1v) is 9.98. The second-order valence-electron chi connectivity index (χ2n) is 6.35. The van der Waals surface area contributed by atoms with Gasteiger partial charge in [0.2, 0.25) is 0 Å². The summed E-state index contributed by atoms with van der Waals surface area (Å²) in [5.74, 6) is -0.0480. The first kappa shape index (κ1) is 16.4. The van der Waals surface area contributed by atoms with Crippen molar-refractivity contribution in [3.8, 4) is 0 Å². The number of fused-ring (bicyclic) bond motifs is 1. The minimum Gasteiger partial charge on any atom is -0.345 e. The van der Waals surface area contributed by atoms with Gasteiger partial charge < -0.3 is 5.32 Å². The molecule has 0 spiro atoms. The van der Waals surface area contributed by atoms with Crippen molar-refractivity contribution in [1.82, 2.24) is 14.9 Å². The van der Waals surface area contributed by atoms with E-state index in [1.54, 1.807) is 10.6 Å². The number of nitrogens with zero attached hydrogens (tertiary/aromatic N) is 2. The van der Waals surface area contributed by atoms with Crippen molar-refractivity contribution in [2.45, 2.75) is 32.2 Å². The summed E-state index contributed by atoms with van der Waals surface area (Å²) >= 11 is 3.43. The van der Waals surface area contributed by atoms with Gasteiger partial charge in [0.25, 0.3) is 5.91 Å². The van der Waals surface area contributed by atoms with E-state index < -0.39 is 15.4 Å². The summed E-state index contributed by atoms with van der Waals surface area (Å²) in [5, 5.41) is 7.30. The van der Waals surface area contributed by atoms with Gasteiger partial charge in [-0.2, -0.15) is 5.10 Å². The third-order valence-electron chi connectivity index (χ3n) is 4.28. The van der Waals surface area contributed by atoms with E-state index >= 15 is 0 Å². The zero-order valence-corrected chi connectivity index (χ0v) is 15.4. The fourth-order valence-corrected chi connectivity index (χ4v) is 5.08. The molecule has 0 bridgehead atoms.